The molecule has 5 heteroatoms. The summed E-state index contributed by atoms with van der Waals surface area (Å²) < 4.78 is 0. The summed E-state index contributed by atoms with van der Waals surface area (Å²) in [5.74, 6) is -1.08. The van der Waals surface area contributed by atoms with Crippen molar-refractivity contribution >= 4 is 11.9 Å². The fraction of sp³-hybridized carbons (Fsp3) is 0.818. The molecule has 0 unspecified atom stereocenters. The van der Waals surface area contributed by atoms with Crippen LogP contribution in [0.1, 0.15) is 34.1 Å². The lowest BCUT2D eigenvalue weighted by Gasteiger charge is -2.24. The Kier molecular flexibility index (Phi) is 6.72. The molecule has 0 aromatic heterocycles. The molecule has 0 bridgehead atoms. The number of amides is 1. The number of carbonyl (C=O) groups excluding carboxylic acids is 1. The Bertz CT molecular complexity index is 243. The zero-order chi connectivity index (χ0) is 12.7. The first kappa shape index (κ1) is 14.9. The molecular weight excluding hydrogens is 208 g/mol. The maximum absolute atomic E-state index is 11.8. The number of hydrogen-bond donors (Lipinski definition) is 3. The van der Waals surface area contributed by atoms with Gasteiger partial charge in [0, 0.05) is 0 Å². The van der Waals surface area contributed by atoms with E-state index in [9.17, 15) is 9.59 Å². The maximum atomic E-state index is 11.8. The van der Waals surface area contributed by atoms with Crippen molar-refractivity contribution in [3.63, 3.8) is 0 Å². The van der Waals surface area contributed by atoms with Crippen molar-refractivity contribution in [2.45, 2.75) is 46.2 Å². The van der Waals surface area contributed by atoms with Crippen LogP contribution in [-0.2, 0) is 9.59 Å². The molecule has 0 aromatic rings. The highest BCUT2D eigenvalue weighted by atomic mass is 16.4. The molecule has 3 atom stereocenters. The Morgan fingerprint density at radius 2 is 1.81 bits per heavy atom. The Hall–Kier alpha value is -1.10. The van der Waals surface area contributed by atoms with E-state index in [2.05, 4.69) is 10.6 Å². The molecule has 0 aromatic carbocycles. The number of carbonyl (C=O) groups is 2. The van der Waals surface area contributed by atoms with Gasteiger partial charge in [0.05, 0.1) is 6.04 Å². The summed E-state index contributed by atoms with van der Waals surface area (Å²) in [6.45, 7) is 8.04. The SMILES string of the molecule is CCN[C@H](C(=O)N[C@@H](C)C(=O)O)[C@@H](C)CC. The summed E-state index contributed by atoms with van der Waals surface area (Å²) in [4.78, 5) is 22.4. The monoisotopic (exact) mass is 230 g/mol. The fourth-order valence-electron chi connectivity index (χ4n) is 1.37. The first-order chi connectivity index (χ1) is 7.43. The number of hydrogen-bond acceptors (Lipinski definition) is 3. The van der Waals surface area contributed by atoms with Crippen LogP contribution in [0.4, 0.5) is 0 Å². The highest BCUT2D eigenvalue weighted by molar-refractivity contribution is 5.86. The molecule has 0 saturated carbocycles. The van der Waals surface area contributed by atoms with Crippen molar-refractivity contribution in [3.8, 4) is 0 Å². The standard InChI is InChI=1S/C11H22N2O3/c1-5-7(3)9(12-6-2)10(14)13-8(4)11(15)16/h7-9,12H,5-6H2,1-4H3,(H,13,14)(H,15,16)/t7-,8-,9-/m0/s1. The zero-order valence-corrected chi connectivity index (χ0v) is 10.4. The van der Waals surface area contributed by atoms with E-state index < -0.39 is 12.0 Å². The normalized spacial score (nSPS) is 16.2. The molecule has 0 spiro atoms. The number of likely N-dealkylation sites (N-methyl/N-ethyl adjacent to an activating group) is 1. The van der Waals surface area contributed by atoms with Crippen LogP contribution in [0.2, 0.25) is 0 Å². The van der Waals surface area contributed by atoms with Crippen molar-refractivity contribution in [1.29, 1.82) is 0 Å². The predicted octanol–water partition coefficient (Wildman–Crippen LogP) is 0.600. The van der Waals surface area contributed by atoms with Gasteiger partial charge in [0.15, 0.2) is 0 Å². The van der Waals surface area contributed by atoms with Crippen molar-refractivity contribution in [3.05, 3.63) is 0 Å². The van der Waals surface area contributed by atoms with E-state index in [0.717, 1.165) is 6.42 Å². The van der Waals surface area contributed by atoms with E-state index in [1.165, 1.54) is 6.92 Å². The topological polar surface area (TPSA) is 78.4 Å². The van der Waals surface area contributed by atoms with Crippen LogP contribution >= 0.6 is 0 Å². The van der Waals surface area contributed by atoms with E-state index in [1.807, 2.05) is 20.8 Å². The third-order valence-electron chi connectivity index (χ3n) is 2.65. The molecule has 0 saturated heterocycles. The predicted molar refractivity (Wildman–Crippen MR) is 62.2 cm³/mol. The average Bonchev–Trinajstić information content (AvgIpc) is 2.24. The molecule has 0 aliphatic heterocycles. The second-order valence-corrected chi connectivity index (χ2v) is 3.99. The molecule has 0 radical (unpaired) electrons. The Morgan fingerprint density at radius 3 is 2.19 bits per heavy atom. The van der Waals surface area contributed by atoms with Crippen LogP contribution in [0.5, 0.6) is 0 Å². The Morgan fingerprint density at radius 1 is 1.25 bits per heavy atom. The number of rotatable bonds is 7. The maximum Gasteiger partial charge on any atom is 0.325 e. The molecule has 1 amide bonds. The molecule has 0 aliphatic carbocycles. The second-order valence-electron chi connectivity index (χ2n) is 3.99. The molecule has 5 nitrogen and oxygen atoms in total. The largest absolute Gasteiger partial charge is 0.480 e. The van der Waals surface area contributed by atoms with Gasteiger partial charge in [0.1, 0.15) is 6.04 Å². The molecule has 0 aliphatic rings. The van der Waals surface area contributed by atoms with E-state index in [-0.39, 0.29) is 17.9 Å². The van der Waals surface area contributed by atoms with Crippen molar-refractivity contribution in [1.82, 2.24) is 10.6 Å². The third-order valence-corrected chi connectivity index (χ3v) is 2.65. The quantitative estimate of drug-likeness (QED) is 0.598. The summed E-state index contributed by atoms with van der Waals surface area (Å²) >= 11 is 0. The smallest absolute Gasteiger partial charge is 0.325 e. The molecule has 3 N–H and O–H groups in total. The number of carboxylic acids is 1. The van der Waals surface area contributed by atoms with Gasteiger partial charge in [-0.25, -0.2) is 0 Å². The zero-order valence-electron chi connectivity index (χ0n) is 10.4. The van der Waals surface area contributed by atoms with Gasteiger partial charge in [0.2, 0.25) is 5.91 Å². The van der Waals surface area contributed by atoms with E-state index in [0.29, 0.717) is 6.54 Å². The summed E-state index contributed by atoms with van der Waals surface area (Å²) in [7, 11) is 0. The Balaban J connectivity index is 4.43. The first-order valence-electron chi connectivity index (χ1n) is 5.70. The summed E-state index contributed by atoms with van der Waals surface area (Å²) in [6, 6.07) is -1.17. The van der Waals surface area contributed by atoms with Gasteiger partial charge in [-0.2, -0.15) is 0 Å². The highest BCUT2D eigenvalue weighted by Gasteiger charge is 2.25. The van der Waals surface area contributed by atoms with Gasteiger partial charge in [0.25, 0.3) is 0 Å². The molecule has 16 heavy (non-hydrogen) atoms. The molecule has 94 valence electrons. The van der Waals surface area contributed by atoms with Gasteiger partial charge in [-0.15, -0.1) is 0 Å². The van der Waals surface area contributed by atoms with Crippen LogP contribution < -0.4 is 10.6 Å². The average molecular weight is 230 g/mol. The van der Waals surface area contributed by atoms with Crippen LogP contribution in [0.25, 0.3) is 0 Å². The van der Waals surface area contributed by atoms with Crippen LogP contribution in [-0.4, -0.2) is 35.6 Å². The minimum Gasteiger partial charge on any atom is -0.480 e. The van der Waals surface area contributed by atoms with Gasteiger partial charge in [-0.3, -0.25) is 9.59 Å². The van der Waals surface area contributed by atoms with E-state index >= 15 is 0 Å². The summed E-state index contributed by atoms with van der Waals surface area (Å²) in [5.41, 5.74) is 0. The van der Waals surface area contributed by atoms with Gasteiger partial charge in [-0.1, -0.05) is 27.2 Å². The summed E-state index contributed by atoms with van der Waals surface area (Å²) in [6.07, 6.45) is 0.868. The second kappa shape index (κ2) is 7.22. The molecular formula is C11H22N2O3. The lowest BCUT2D eigenvalue weighted by atomic mass is 9.98. The van der Waals surface area contributed by atoms with Crippen molar-refractivity contribution in [2.75, 3.05) is 6.54 Å². The van der Waals surface area contributed by atoms with E-state index in [1.54, 1.807) is 0 Å². The van der Waals surface area contributed by atoms with Crippen molar-refractivity contribution in [2.24, 2.45) is 5.92 Å². The van der Waals surface area contributed by atoms with Crippen LogP contribution in [0.3, 0.4) is 0 Å². The number of carboxylic acid groups (broad SMARTS) is 1. The fourth-order valence-corrected chi connectivity index (χ4v) is 1.37. The lowest BCUT2D eigenvalue weighted by molar-refractivity contribution is -0.141. The van der Waals surface area contributed by atoms with E-state index in [4.69, 9.17) is 5.11 Å². The number of nitrogens with one attached hydrogen (secondary N) is 2. The molecule has 0 heterocycles. The third kappa shape index (κ3) is 4.61. The minimum absolute atomic E-state index is 0.181. The van der Waals surface area contributed by atoms with Crippen LogP contribution in [0, 0.1) is 5.92 Å². The van der Waals surface area contributed by atoms with Crippen LogP contribution in [0.15, 0.2) is 0 Å². The lowest BCUT2D eigenvalue weighted by Crippen LogP contribution is -2.51. The Labute approximate surface area is 96.6 Å². The first-order valence-corrected chi connectivity index (χ1v) is 5.70. The summed E-state index contributed by atoms with van der Waals surface area (Å²) in [5, 5.41) is 14.3. The van der Waals surface area contributed by atoms with Gasteiger partial charge >= 0.3 is 5.97 Å². The van der Waals surface area contributed by atoms with Gasteiger partial charge in [-0.05, 0) is 19.4 Å². The molecule has 0 fully saturated rings. The van der Waals surface area contributed by atoms with Gasteiger partial charge < -0.3 is 15.7 Å². The molecule has 0 rings (SSSR count). The minimum atomic E-state index is -1.02. The number of aliphatic carboxylic acids is 1. The van der Waals surface area contributed by atoms with Crippen molar-refractivity contribution < 1.29 is 14.7 Å². The highest BCUT2D eigenvalue weighted by Crippen LogP contribution is 2.08.